The van der Waals surface area contributed by atoms with Crippen LogP contribution < -0.4 is 5.32 Å². The van der Waals surface area contributed by atoms with Crippen molar-refractivity contribution in [2.24, 2.45) is 0 Å². The van der Waals surface area contributed by atoms with E-state index in [1.807, 2.05) is 13.1 Å². The first-order valence-corrected chi connectivity index (χ1v) is 7.30. The Morgan fingerprint density at radius 3 is 2.90 bits per heavy atom. The smallest absolute Gasteiger partial charge is 0.111 e. The second-order valence-corrected chi connectivity index (χ2v) is 5.11. The summed E-state index contributed by atoms with van der Waals surface area (Å²) in [6.45, 7) is 3.16. The third kappa shape index (κ3) is 2.67. The number of para-hydroxylation sites is 2. The van der Waals surface area contributed by atoms with E-state index in [-0.39, 0.29) is 6.04 Å². The maximum Gasteiger partial charge on any atom is 0.111 e. The van der Waals surface area contributed by atoms with Gasteiger partial charge in [0, 0.05) is 13.0 Å². The van der Waals surface area contributed by atoms with Crippen LogP contribution in [-0.4, -0.2) is 32.0 Å². The maximum atomic E-state index is 4.79. The largest absolute Gasteiger partial charge is 0.328 e. The van der Waals surface area contributed by atoms with Crippen LogP contribution in [0.15, 0.2) is 30.5 Å². The SMILES string of the molecule is CCCn1c(CC(NC)c2cn[nH]n2)nc2ccccc21. The van der Waals surface area contributed by atoms with Crippen molar-refractivity contribution in [2.75, 3.05) is 7.05 Å². The Labute approximate surface area is 123 Å². The minimum absolute atomic E-state index is 0.108. The number of nitrogens with one attached hydrogen (secondary N) is 2. The Hall–Kier alpha value is -2.21. The molecule has 0 fully saturated rings. The van der Waals surface area contributed by atoms with Gasteiger partial charge in [-0.25, -0.2) is 4.98 Å². The molecule has 1 atom stereocenters. The molecule has 0 aliphatic rings. The number of aryl methyl sites for hydroxylation is 1. The number of fused-ring (bicyclic) bond motifs is 1. The van der Waals surface area contributed by atoms with Crippen molar-refractivity contribution in [3.8, 4) is 0 Å². The van der Waals surface area contributed by atoms with E-state index in [0.717, 1.165) is 36.4 Å². The van der Waals surface area contributed by atoms with Crippen LogP contribution in [0, 0.1) is 0 Å². The molecule has 1 aromatic carbocycles. The number of imidazole rings is 1. The minimum atomic E-state index is 0.108. The van der Waals surface area contributed by atoms with Crippen LogP contribution in [0.3, 0.4) is 0 Å². The highest BCUT2D eigenvalue weighted by Crippen LogP contribution is 2.21. The van der Waals surface area contributed by atoms with Gasteiger partial charge in [-0.1, -0.05) is 19.1 Å². The zero-order valence-corrected chi connectivity index (χ0v) is 12.4. The fourth-order valence-electron chi connectivity index (χ4n) is 2.67. The number of hydrogen-bond acceptors (Lipinski definition) is 4. The van der Waals surface area contributed by atoms with Crippen LogP contribution in [0.4, 0.5) is 0 Å². The van der Waals surface area contributed by atoms with Gasteiger partial charge in [0.25, 0.3) is 0 Å². The number of aromatic amines is 1. The number of aromatic nitrogens is 5. The topological polar surface area (TPSA) is 71.4 Å². The van der Waals surface area contributed by atoms with Crippen molar-refractivity contribution in [2.45, 2.75) is 32.4 Å². The van der Waals surface area contributed by atoms with Gasteiger partial charge < -0.3 is 9.88 Å². The lowest BCUT2D eigenvalue weighted by molar-refractivity contribution is 0.536. The van der Waals surface area contributed by atoms with Gasteiger partial charge in [-0.2, -0.15) is 15.4 Å². The van der Waals surface area contributed by atoms with Crippen LogP contribution in [0.5, 0.6) is 0 Å². The fourth-order valence-corrected chi connectivity index (χ4v) is 2.67. The highest BCUT2D eigenvalue weighted by Gasteiger charge is 2.18. The highest BCUT2D eigenvalue weighted by molar-refractivity contribution is 5.75. The molecule has 0 aliphatic heterocycles. The van der Waals surface area contributed by atoms with Crippen molar-refractivity contribution in [3.05, 3.63) is 42.0 Å². The normalized spacial score (nSPS) is 12.9. The molecule has 6 nitrogen and oxygen atoms in total. The van der Waals surface area contributed by atoms with Gasteiger partial charge in [0.15, 0.2) is 0 Å². The molecule has 0 saturated heterocycles. The number of benzene rings is 1. The molecule has 110 valence electrons. The maximum absolute atomic E-state index is 4.79. The zero-order valence-electron chi connectivity index (χ0n) is 12.4. The monoisotopic (exact) mass is 284 g/mol. The number of likely N-dealkylation sites (N-methyl/N-ethyl adjacent to an activating group) is 1. The van der Waals surface area contributed by atoms with Crippen molar-refractivity contribution in [3.63, 3.8) is 0 Å². The summed E-state index contributed by atoms with van der Waals surface area (Å²) < 4.78 is 2.31. The molecule has 2 aromatic heterocycles. The molecule has 6 heteroatoms. The van der Waals surface area contributed by atoms with Crippen molar-refractivity contribution >= 4 is 11.0 Å². The zero-order chi connectivity index (χ0) is 14.7. The molecule has 3 aromatic rings. The quantitative estimate of drug-likeness (QED) is 0.727. The molecule has 2 heterocycles. The number of hydrogen-bond donors (Lipinski definition) is 2. The van der Waals surface area contributed by atoms with Crippen molar-refractivity contribution < 1.29 is 0 Å². The average Bonchev–Trinajstić information content (AvgIpc) is 3.14. The molecule has 1 unspecified atom stereocenters. The summed E-state index contributed by atoms with van der Waals surface area (Å²) >= 11 is 0. The van der Waals surface area contributed by atoms with Gasteiger partial charge in [-0.15, -0.1) is 0 Å². The predicted molar refractivity (Wildman–Crippen MR) is 81.9 cm³/mol. The molecule has 0 bridgehead atoms. The van der Waals surface area contributed by atoms with Crippen molar-refractivity contribution in [1.82, 2.24) is 30.3 Å². The Kier molecular flexibility index (Phi) is 3.96. The molecule has 0 radical (unpaired) electrons. The summed E-state index contributed by atoms with van der Waals surface area (Å²) in [4.78, 5) is 4.79. The van der Waals surface area contributed by atoms with Gasteiger partial charge >= 0.3 is 0 Å². The predicted octanol–water partition coefficient (Wildman–Crippen LogP) is 2.07. The van der Waals surface area contributed by atoms with E-state index in [0.29, 0.717) is 0 Å². The summed E-state index contributed by atoms with van der Waals surface area (Å²) in [6.07, 6.45) is 3.63. The van der Waals surface area contributed by atoms with E-state index in [9.17, 15) is 0 Å². The van der Waals surface area contributed by atoms with Crippen LogP contribution >= 0.6 is 0 Å². The lowest BCUT2D eigenvalue weighted by Crippen LogP contribution is -2.21. The molecule has 21 heavy (non-hydrogen) atoms. The van der Waals surface area contributed by atoms with E-state index >= 15 is 0 Å². The number of H-pyrrole nitrogens is 1. The Balaban J connectivity index is 1.97. The summed E-state index contributed by atoms with van der Waals surface area (Å²) in [7, 11) is 1.94. The van der Waals surface area contributed by atoms with Crippen LogP contribution in [-0.2, 0) is 13.0 Å². The Morgan fingerprint density at radius 2 is 2.19 bits per heavy atom. The number of nitrogens with zero attached hydrogens (tertiary/aromatic N) is 4. The van der Waals surface area contributed by atoms with Gasteiger partial charge in [0.1, 0.15) is 5.82 Å². The van der Waals surface area contributed by atoms with Crippen LogP contribution in [0.1, 0.15) is 30.9 Å². The first-order chi connectivity index (χ1) is 10.3. The molecular formula is C15H20N6. The van der Waals surface area contributed by atoms with E-state index in [2.05, 4.69) is 50.4 Å². The summed E-state index contributed by atoms with van der Waals surface area (Å²) in [5.74, 6) is 1.08. The molecule has 3 rings (SSSR count). The fraction of sp³-hybridized carbons (Fsp3) is 0.400. The first-order valence-electron chi connectivity index (χ1n) is 7.30. The summed E-state index contributed by atoms with van der Waals surface area (Å²) in [6, 6.07) is 8.40. The van der Waals surface area contributed by atoms with Gasteiger partial charge in [-0.05, 0) is 25.6 Å². The summed E-state index contributed by atoms with van der Waals surface area (Å²) in [5, 5.41) is 14.0. The average molecular weight is 284 g/mol. The molecule has 0 aliphatic carbocycles. The highest BCUT2D eigenvalue weighted by atomic mass is 15.3. The lowest BCUT2D eigenvalue weighted by atomic mass is 10.1. The second-order valence-electron chi connectivity index (χ2n) is 5.11. The number of rotatable bonds is 6. The Morgan fingerprint density at radius 1 is 1.33 bits per heavy atom. The third-order valence-electron chi connectivity index (χ3n) is 3.71. The summed E-state index contributed by atoms with van der Waals surface area (Å²) in [5.41, 5.74) is 3.16. The molecule has 2 N–H and O–H groups in total. The van der Waals surface area contributed by atoms with E-state index in [1.54, 1.807) is 6.20 Å². The van der Waals surface area contributed by atoms with Gasteiger partial charge in [-0.3, -0.25) is 0 Å². The van der Waals surface area contributed by atoms with Crippen molar-refractivity contribution in [1.29, 1.82) is 0 Å². The van der Waals surface area contributed by atoms with Gasteiger partial charge in [0.05, 0.1) is 29.0 Å². The molecule has 0 spiro atoms. The first kappa shape index (κ1) is 13.8. The van der Waals surface area contributed by atoms with E-state index < -0.39 is 0 Å². The standard InChI is InChI=1S/C15H20N6/c1-3-8-21-14-7-5-4-6-11(14)18-15(21)9-12(16-2)13-10-17-20-19-13/h4-7,10,12,16H,3,8-9H2,1-2H3,(H,17,19,20). The molecular weight excluding hydrogens is 264 g/mol. The Bertz CT molecular complexity index is 700. The minimum Gasteiger partial charge on any atom is -0.328 e. The lowest BCUT2D eigenvalue weighted by Gasteiger charge is -2.14. The van der Waals surface area contributed by atoms with Crippen LogP contribution in [0.2, 0.25) is 0 Å². The van der Waals surface area contributed by atoms with Gasteiger partial charge in [0.2, 0.25) is 0 Å². The van der Waals surface area contributed by atoms with Crippen LogP contribution in [0.25, 0.3) is 11.0 Å². The third-order valence-corrected chi connectivity index (χ3v) is 3.71. The van der Waals surface area contributed by atoms with E-state index in [4.69, 9.17) is 4.98 Å². The molecule has 0 saturated carbocycles. The second kappa shape index (κ2) is 6.05. The van der Waals surface area contributed by atoms with E-state index in [1.165, 1.54) is 5.52 Å². The molecule has 0 amide bonds.